The Labute approximate surface area is 159 Å². The van der Waals surface area contributed by atoms with Gasteiger partial charge in [0.2, 0.25) is 0 Å². The Balaban J connectivity index is 3.13. The summed E-state index contributed by atoms with van der Waals surface area (Å²) in [5.41, 5.74) is 5.50. The molecule has 0 aromatic heterocycles. The van der Waals surface area contributed by atoms with Gasteiger partial charge in [0.25, 0.3) is 0 Å². The van der Waals surface area contributed by atoms with Crippen LogP contribution in [-0.4, -0.2) is 6.54 Å². The van der Waals surface area contributed by atoms with Gasteiger partial charge in [-0.1, -0.05) is 89.0 Å². The van der Waals surface area contributed by atoms with E-state index in [4.69, 9.17) is 5.73 Å². The second-order valence-corrected chi connectivity index (χ2v) is 7.48. The minimum Gasteiger partial charge on any atom is -0.330 e. The lowest BCUT2D eigenvalue weighted by Crippen LogP contribution is -1.97. The Bertz CT molecular complexity index is 280. The third-order valence-electron chi connectivity index (χ3n) is 4.87. The Morgan fingerprint density at radius 1 is 0.440 bits per heavy atom. The molecule has 0 fully saturated rings. The van der Waals surface area contributed by atoms with Crippen molar-refractivity contribution in [1.29, 1.82) is 0 Å². The van der Waals surface area contributed by atoms with Gasteiger partial charge >= 0.3 is 0 Å². The molecule has 0 rings (SSSR count). The summed E-state index contributed by atoms with van der Waals surface area (Å²) in [6.45, 7) is 3.14. The van der Waals surface area contributed by atoms with Crippen LogP contribution in [0.15, 0.2) is 24.3 Å². The van der Waals surface area contributed by atoms with E-state index in [1.165, 1.54) is 116 Å². The minimum atomic E-state index is 0.859. The van der Waals surface area contributed by atoms with Crippen molar-refractivity contribution in [2.24, 2.45) is 5.73 Å². The van der Waals surface area contributed by atoms with Gasteiger partial charge < -0.3 is 5.73 Å². The molecule has 1 heteroatoms. The summed E-state index contributed by atoms with van der Waals surface area (Å²) in [4.78, 5) is 0. The fraction of sp³-hybridized carbons (Fsp3) is 0.833. The van der Waals surface area contributed by atoms with Crippen molar-refractivity contribution in [3.63, 3.8) is 0 Å². The summed E-state index contributed by atoms with van der Waals surface area (Å²) in [6.07, 6.45) is 33.9. The number of unbranched alkanes of at least 4 members (excludes halogenated alkanes) is 15. The van der Waals surface area contributed by atoms with Gasteiger partial charge in [0.15, 0.2) is 0 Å². The molecule has 25 heavy (non-hydrogen) atoms. The van der Waals surface area contributed by atoms with Gasteiger partial charge in [0.05, 0.1) is 0 Å². The molecular formula is C24H47N. The van der Waals surface area contributed by atoms with Crippen molar-refractivity contribution in [3.05, 3.63) is 24.3 Å². The lowest BCUT2D eigenvalue weighted by molar-refractivity contribution is 0.600. The first kappa shape index (κ1) is 24.4. The van der Waals surface area contributed by atoms with Gasteiger partial charge in [-0.25, -0.2) is 0 Å². The fourth-order valence-electron chi connectivity index (χ4n) is 3.15. The number of nitrogens with two attached hydrogens (primary N) is 1. The molecule has 0 unspecified atom stereocenters. The van der Waals surface area contributed by atoms with Crippen molar-refractivity contribution >= 4 is 0 Å². The molecule has 0 saturated heterocycles. The maximum absolute atomic E-state index is 5.50. The molecule has 2 N–H and O–H groups in total. The fourth-order valence-corrected chi connectivity index (χ4v) is 3.15. The Morgan fingerprint density at radius 3 is 1.16 bits per heavy atom. The molecule has 0 spiro atoms. The van der Waals surface area contributed by atoms with Crippen LogP contribution < -0.4 is 5.73 Å². The summed E-state index contributed by atoms with van der Waals surface area (Å²) in [5.74, 6) is 0. The molecule has 0 aromatic carbocycles. The summed E-state index contributed by atoms with van der Waals surface area (Å²) in [5, 5.41) is 0. The highest BCUT2D eigenvalue weighted by atomic mass is 14.5. The van der Waals surface area contributed by atoms with E-state index < -0.39 is 0 Å². The molecule has 0 saturated carbocycles. The third kappa shape index (κ3) is 23.4. The van der Waals surface area contributed by atoms with Crippen LogP contribution in [0, 0.1) is 0 Å². The first-order valence-electron chi connectivity index (χ1n) is 11.4. The van der Waals surface area contributed by atoms with Crippen LogP contribution in [0.1, 0.15) is 122 Å². The van der Waals surface area contributed by atoms with Gasteiger partial charge in [-0.2, -0.15) is 0 Å². The highest BCUT2D eigenvalue weighted by Gasteiger charge is 1.90. The zero-order valence-corrected chi connectivity index (χ0v) is 17.3. The predicted molar refractivity (Wildman–Crippen MR) is 116 cm³/mol. The van der Waals surface area contributed by atoms with Crippen molar-refractivity contribution in [2.75, 3.05) is 6.54 Å². The minimum absolute atomic E-state index is 0.859. The molecule has 0 aliphatic carbocycles. The molecule has 148 valence electrons. The number of rotatable bonds is 20. The van der Waals surface area contributed by atoms with Gasteiger partial charge in [-0.05, 0) is 64.3 Å². The molecule has 1 nitrogen and oxygen atoms in total. The molecule has 0 heterocycles. The molecule has 0 bridgehead atoms. The van der Waals surface area contributed by atoms with Crippen LogP contribution in [0.2, 0.25) is 0 Å². The van der Waals surface area contributed by atoms with Gasteiger partial charge in [-0.3, -0.25) is 0 Å². The topological polar surface area (TPSA) is 26.0 Å². The first-order valence-corrected chi connectivity index (χ1v) is 11.4. The van der Waals surface area contributed by atoms with Crippen molar-refractivity contribution in [1.82, 2.24) is 0 Å². The van der Waals surface area contributed by atoms with Gasteiger partial charge in [-0.15, -0.1) is 0 Å². The zero-order valence-electron chi connectivity index (χ0n) is 17.3. The summed E-state index contributed by atoms with van der Waals surface area (Å²) < 4.78 is 0. The smallest absolute Gasteiger partial charge is 0.00773 e. The standard InChI is InChI=1S/C24H47N/c1-2-3-4-5-6-7-8-9-10-11-12-13-14-15-16-17-18-19-20-21-22-23-24-25/h9-10,15-16H,2-8,11-14,17-25H2,1H3. The Morgan fingerprint density at radius 2 is 0.760 bits per heavy atom. The first-order chi connectivity index (χ1) is 12.4. The summed E-state index contributed by atoms with van der Waals surface area (Å²) in [6, 6.07) is 0. The van der Waals surface area contributed by atoms with E-state index in [0.29, 0.717) is 0 Å². The largest absolute Gasteiger partial charge is 0.330 e. The molecule has 0 aromatic rings. The SMILES string of the molecule is CCCCCCCCC=CCCCCC=CCCCCCCCCN. The molecule has 0 atom stereocenters. The molecule has 0 aliphatic heterocycles. The third-order valence-corrected chi connectivity index (χ3v) is 4.87. The summed E-state index contributed by atoms with van der Waals surface area (Å²) in [7, 11) is 0. The Kier molecular flexibility index (Phi) is 22.9. The molecular weight excluding hydrogens is 302 g/mol. The maximum Gasteiger partial charge on any atom is -0.00773 e. The van der Waals surface area contributed by atoms with Crippen LogP contribution in [0.5, 0.6) is 0 Å². The lowest BCUT2D eigenvalue weighted by atomic mass is 10.1. The van der Waals surface area contributed by atoms with Crippen molar-refractivity contribution < 1.29 is 0 Å². The van der Waals surface area contributed by atoms with E-state index in [9.17, 15) is 0 Å². The Hall–Kier alpha value is -0.560. The number of hydrogen-bond donors (Lipinski definition) is 1. The van der Waals surface area contributed by atoms with E-state index in [1.807, 2.05) is 0 Å². The second-order valence-electron chi connectivity index (χ2n) is 7.48. The monoisotopic (exact) mass is 349 g/mol. The van der Waals surface area contributed by atoms with Crippen LogP contribution in [0.25, 0.3) is 0 Å². The number of hydrogen-bond acceptors (Lipinski definition) is 1. The van der Waals surface area contributed by atoms with Gasteiger partial charge in [0.1, 0.15) is 0 Å². The van der Waals surface area contributed by atoms with Crippen molar-refractivity contribution in [3.8, 4) is 0 Å². The normalized spacial score (nSPS) is 11.9. The van der Waals surface area contributed by atoms with E-state index in [0.717, 1.165) is 6.54 Å². The summed E-state index contributed by atoms with van der Waals surface area (Å²) >= 11 is 0. The quantitative estimate of drug-likeness (QED) is 0.174. The number of allylic oxidation sites excluding steroid dienone is 4. The molecule has 0 amide bonds. The van der Waals surface area contributed by atoms with E-state index in [2.05, 4.69) is 31.2 Å². The van der Waals surface area contributed by atoms with E-state index in [-0.39, 0.29) is 0 Å². The highest BCUT2D eigenvalue weighted by molar-refractivity contribution is 4.84. The van der Waals surface area contributed by atoms with E-state index in [1.54, 1.807) is 0 Å². The average molecular weight is 350 g/mol. The second kappa shape index (κ2) is 23.4. The molecule has 0 aliphatic rings. The van der Waals surface area contributed by atoms with Crippen molar-refractivity contribution in [2.45, 2.75) is 122 Å². The van der Waals surface area contributed by atoms with Crippen LogP contribution in [0.4, 0.5) is 0 Å². The average Bonchev–Trinajstić information content (AvgIpc) is 2.63. The predicted octanol–water partition coefficient (Wildman–Crippen LogP) is 8.10. The highest BCUT2D eigenvalue weighted by Crippen LogP contribution is 2.09. The van der Waals surface area contributed by atoms with E-state index >= 15 is 0 Å². The van der Waals surface area contributed by atoms with Crippen LogP contribution in [0.3, 0.4) is 0 Å². The molecule has 0 radical (unpaired) electrons. The zero-order chi connectivity index (χ0) is 18.3. The lowest BCUT2D eigenvalue weighted by Gasteiger charge is -1.99. The van der Waals surface area contributed by atoms with Crippen LogP contribution in [-0.2, 0) is 0 Å². The van der Waals surface area contributed by atoms with Gasteiger partial charge in [0, 0.05) is 0 Å². The maximum atomic E-state index is 5.50. The van der Waals surface area contributed by atoms with Crippen LogP contribution >= 0.6 is 0 Å².